The number of carbonyl (C=O) groups excluding carboxylic acids is 3. The summed E-state index contributed by atoms with van der Waals surface area (Å²) in [7, 11) is 0. The van der Waals surface area contributed by atoms with Crippen LogP contribution in [0.25, 0.3) is 0 Å². The van der Waals surface area contributed by atoms with Gasteiger partial charge in [0.15, 0.2) is 0 Å². The highest BCUT2D eigenvalue weighted by Gasteiger charge is 2.50. The van der Waals surface area contributed by atoms with Crippen molar-refractivity contribution in [2.75, 3.05) is 0 Å². The molecule has 0 aromatic rings. The summed E-state index contributed by atoms with van der Waals surface area (Å²) in [5.41, 5.74) is 3.55. The average molecular weight is 543 g/mol. The van der Waals surface area contributed by atoms with Gasteiger partial charge in [-0.15, -0.1) is 0 Å². The topological polar surface area (TPSA) is 78.9 Å². The van der Waals surface area contributed by atoms with Crippen molar-refractivity contribution < 1.29 is 28.6 Å². The first-order valence-electron chi connectivity index (χ1n) is 14.9. The van der Waals surface area contributed by atoms with Crippen molar-refractivity contribution in [3.63, 3.8) is 0 Å². The smallest absolute Gasteiger partial charge is 0.303 e. The SMILES string of the molecule is C=C1/C(=C\C=C2CCC[C@@]3(C)C2CC[C@@H]3[C@H](C)CC[C@@H](OC(C)=O)C(C)C)C[C@@H](OC(C)=O)C[C@H]1OC(C)=O. The number of carbonyl (C=O) groups is 3. The molecule has 0 bridgehead atoms. The van der Waals surface area contributed by atoms with Crippen molar-refractivity contribution in [2.45, 2.75) is 125 Å². The Morgan fingerprint density at radius 3 is 2.31 bits per heavy atom. The Morgan fingerprint density at radius 2 is 1.69 bits per heavy atom. The number of esters is 3. The molecule has 0 N–H and O–H groups in total. The standard InChI is InChI=1S/C33H50O6/c1-20(2)31(38-24(6)35)16-11-21(3)29-14-15-30-26(10-9-17-33(29,30)8)12-13-27-18-28(37-23(5)34)19-32(22(27)4)39-25(7)36/h12-13,20-21,28-32H,4,9-11,14-19H2,1-3,5-8H3/b26-12?,27-13-/t21-,28-,29-,30?,31-,32-,33-/m1/s1. The maximum absolute atomic E-state index is 11.7. The molecule has 3 saturated carbocycles. The van der Waals surface area contributed by atoms with E-state index in [0.717, 1.165) is 30.4 Å². The second-order valence-corrected chi connectivity index (χ2v) is 12.8. The Kier molecular flexibility index (Phi) is 10.6. The number of hydrogen-bond donors (Lipinski definition) is 0. The molecule has 0 saturated heterocycles. The number of allylic oxidation sites excluding steroid dienone is 3. The van der Waals surface area contributed by atoms with Crippen LogP contribution >= 0.6 is 0 Å². The van der Waals surface area contributed by atoms with Crippen LogP contribution in [0.4, 0.5) is 0 Å². The molecule has 3 aliphatic carbocycles. The van der Waals surface area contributed by atoms with E-state index >= 15 is 0 Å². The van der Waals surface area contributed by atoms with E-state index in [9.17, 15) is 14.4 Å². The lowest BCUT2D eigenvalue weighted by atomic mass is 9.60. The lowest BCUT2D eigenvalue weighted by Gasteiger charge is -2.44. The minimum atomic E-state index is -0.472. The molecule has 6 nitrogen and oxygen atoms in total. The molecule has 6 heteroatoms. The molecule has 0 aromatic carbocycles. The lowest BCUT2D eigenvalue weighted by molar-refractivity contribution is -0.152. The van der Waals surface area contributed by atoms with Crippen LogP contribution in [0.3, 0.4) is 0 Å². The van der Waals surface area contributed by atoms with E-state index in [4.69, 9.17) is 14.2 Å². The maximum atomic E-state index is 11.7. The van der Waals surface area contributed by atoms with Gasteiger partial charge in [-0.2, -0.15) is 0 Å². The number of fused-ring (bicyclic) bond motifs is 1. The second-order valence-electron chi connectivity index (χ2n) is 12.8. The van der Waals surface area contributed by atoms with Crippen LogP contribution in [0, 0.1) is 29.1 Å². The molecule has 7 atom stereocenters. The van der Waals surface area contributed by atoms with Gasteiger partial charge in [0.05, 0.1) is 0 Å². The van der Waals surface area contributed by atoms with Gasteiger partial charge in [-0.25, -0.2) is 0 Å². The Hall–Kier alpha value is -2.37. The molecule has 0 spiro atoms. The van der Waals surface area contributed by atoms with E-state index < -0.39 is 6.10 Å². The third-order valence-electron chi connectivity index (χ3n) is 9.56. The predicted octanol–water partition coefficient (Wildman–Crippen LogP) is 7.27. The minimum Gasteiger partial charge on any atom is -0.462 e. The Labute approximate surface area is 235 Å². The van der Waals surface area contributed by atoms with E-state index in [1.807, 2.05) is 0 Å². The number of ether oxygens (including phenoxy) is 3. The molecule has 1 unspecified atom stereocenters. The van der Waals surface area contributed by atoms with E-state index in [-0.39, 0.29) is 35.5 Å². The first-order chi connectivity index (χ1) is 18.3. The fourth-order valence-electron chi connectivity index (χ4n) is 7.66. The summed E-state index contributed by atoms with van der Waals surface area (Å²) >= 11 is 0. The van der Waals surface area contributed by atoms with Crippen molar-refractivity contribution in [3.05, 3.63) is 35.5 Å². The molecule has 3 rings (SSSR count). The van der Waals surface area contributed by atoms with E-state index in [0.29, 0.717) is 36.5 Å². The fraction of sp³-hybridized carbons (Fsp3) is 0.727. The molecule has 218 valence electrons. The maximum Gasteiger partial charge on any atom is 0.303 e. The van der Waals surface area contributed by atoms with E-state index in [1.54, 1.807) is 0 Å². The van der Waals surface area contributed by atoms with Crippen molar-refractivity contribution in [2.24, 2.45) is 29.1 Å². The third-order valence-corrected chi connectivity index (χ3v) is 9.56. The second kappa shape index (κ2) is 13.3. The van der Waals surface area contributed by atoms with Gasteiger partial charge in [-0.05, 0) is 85.2 Å². The predicted molar refractivity (Wildman–Crippen MR) is 153 cm³/mol. The molecule has 3 fully saturated rings. The van der Waals surface area contributed by atoms with Crippen LogP contribution < -0.4 is 0 Å². The lowest BCUT2D eigenvalue weighted by Crippen LogP contribution is -2.36. The van der Waals surface area contributed by atoms with Gasteiger partial charge >= 0.3 is 17.9 Å². The molecular weight excluding hydrogens is 492 g/mol. The van der Waals surface area contributed by atoms with Gasteiger partial charge in [0.1, 0.15) is 18.3 Å². The monoisotopic (exact) mass is 542 g/mol. The van der Waals surface area contributed by atoms with Crippen LogP contribution in [-0.4, -0.2) is 36.2 Å². The molecule has 0 radical (unpaired) electrons. The third kappa shape index (κ3) is 7.85. The van der Waals surface area contributed by atoms with Gasteiger partial charge in [-0.3, -0.25) is 14.4 Å². The summed E-state index contributed by atoms with van der Waals surface area (Å²) in [5.74, 6) is 1.22. The highest BCUT2D eigenvalue weighted by molar-refractivity contribution is 5.67. The fourth-order valence-corrected chi connectivity index (χ4v) is 7.66. The van der Waals surface area contributed by atoms with Crippen molar-refractivity contribution >= 4 is 17.9 Å². The van der Waals surface area contributed by atoms with Crippen LogP contribution in [-0.2, 0) is 28.6 Å². The zero-order valence-electron chi connectivity index (χ0n) is 25.2. The van der Waals surface area contributed by atoms with Gasteiger partial charge < -0.3 is 14.2 Å². The summed E-state index contributed by atoms with van der Waals surface area (Å²) < 4.78 is 16.6. The van der Waals surface area contributed by atoms with Crippen molar-refractivity contribution in [1.82, 2.24) is 0 Å². The van der Waals surface area contributed by atoms with Gasteiger partial charge in [-0.1, -0.05) is 52.0 Å². The summed E-state index contributed by atoms with van der Waals surface area (Å²) in [5, 5.41) is 0. The summed E-state index contributed by atoms with van der Waals surface area (Å²) in [6, 6.07) is 0. The van der Waals surface area contributed by atoms with Crippen molar-refractivity contribution in [3.8, 4) is 0 Å². The molecule has 0 heterocycles. The van der Waals surface area contributed by atoms with Gasteiger partial charge in [0.25, 0.3) is 0 Å². The highest BCUT2D eigenvalue weighted by atomic mass is 16.6. The Balaban J connectivity index is 1.75. The summed E-state index contributed by atoms with van der Waals surface area (Å²) in [4.78, 5) is 34.9. The van der Waals surface area contributed by atoms with Crippen LogP contribution in [0.1, 0.15) is 106 Å². The number of rotatable bonds is 9. The van der Waals surface area contributed by atoms with Crippen LogP contribution in [0.15, 0.2) is 35.5 Å². The highest BCUT2D eigenvalue weighted by Crippen LogP contribution is 2.60. The molecule has 0 aromatic heterocycles. The Bertz CT molecular complexity index is 990. The first-order valence-corrected chi connectivity index (χ1v) is 14.9. The molecule has 0 aliphatic heterocycles. The van der Waals surface area contributed by atoms with Crippen LogP contribution in [0.5, 0.6) is 0 Å². The summed E-state index contributed by atoms with van der Waals surface area (Å²) in [6.45, 7) is 17.7. The largest absolute Gasteiger partial charge is 0.462 e. The first kappa shape index (κ1) is 31.2. The quantitative estimate of drug-likeness (QED) is 0.225. The minimum absolute atomic E-state index is 0.0152. The van der Waals surface area contributed by atoms with Crippen LogP contribution in [0.2, 0.25) is 0 Å². The summed E-state index contributed by atoms with van der Waals surface area (Å²) in [6.07, 6.45) is 12.6. The average Bonchev–Trinajstić information content (AvgIpc) is 3.19. The van der Waals surface area contributed by atoms with E-state index in [2.05, 4.69) is 46.4 Å². The normalized spacial score (nSPS) is 32.6. The van der Waals surface area contributed by atoms with E-state index in [1.165, 1.54) is 52.0 Å². The van der Waals surface area contributed by atoms with Crippen molar-refractivity contribution in [1.29, 1.82) is 0 Å². The molecule has 39 heavy (non-hydrogen) atoms. The van der Waals surface area contributed by atoms with Gasteiger partial charge in [0, 0.05) is 33.6 Å². The zero-order chi connectivity index (χ0) is 28.9. The zero-order valence-corrected chi connectivity index (χ0v) is 25.2. The molecule has 3 aliphatic rings. The van der Waals surface area contributed by atoms with Gasteiger partial charge in [0.2, 0.25) is 0 Å². The molecular formula is C33H50O6. The number of hydrogen-bond acceptors (Lipinski definition) is 6. The Morgan fingerprint density at radius 1 is 1.00 bits per heavy atom. The molecule has 0 amide bonds.